The van der Waals surface area contributed by atoms with Crippen molar-refractivity contribution in [2.75, 3.05) is 15.4 Å². The molecule has 0 aliphatic carbocycles. The third-order valence-electron chi connectivity index (χ3n) is 4.00. The van der Waals surface area contributed by atoms with Crippen molar-refractivity contribution in [1.29, 1.82) is 0 Å². The highest BCUT2D eigenvalue weighted by Gasteiger charge is 2.20. The maximum atomic E-state index is 12.6. The van der Waals surface area contributed by atoms with Crippen LogP contribution in [0.5, 0.6) is 0 Å². The van der Waals surface area contributed by atoms with Crippen LogP contribution in [0.25, 0.3) is 0 Å². The summed E-state index contributed by atoms with van der Waals surface area (Å²) in [7, 11) is -3.81. The average molecular weight is 445 g/mol. The molecule has 0 fully saturated rings. The molecule has 156 valence electrons. The van der Waals surface area contributed by atoms with Crippen molar-refractivity contribution >= 4 is 49.7 Å². The van der Waals surface area contributed by atoms with E-state index in [-0.39, 0.29) is 20.8 Å². The van der Waals surface area contributed by atoms with Gasteiger partial charge in [-0.2, -0.15) is 0 Å². The number of carbonyl (C=O) groups excluding carboxylic acids is 2. The van der Waals surface area contributed by atoms with Crippen molar-refractivity contribution in [2.24, 2.45) is 0 Å². The molecule has 3 aromatic rings. The first-order valence-corrected chi connectivity index (χ1v) is 11.2. The van der Waals surface area contributed by atoms with Crippen molar-refractivity contribution in [3.63, 3.8) is 0 Å². The van der Waals surface area contributed by atoms with Crippen LogP contribution in [0.4, 0.5) is 16.5 Å². The topological polar surface area (TPSA) is 117 Å². The van der Waals surface area contributed by atoms with Gasteiger partial charge in [0.1, 0.15) is 4.88 Å². The number of nitrogens with zero attached hydrogens (tertiary/aromatic N) is 1. The molecule has 10 heteroatoms. The largest absolute Gasteiger partial charge is 0.326 e. The smallest absolute Gasteiger partial charge is 0.267 e. The van der Waals surface area contributed by atoms with Crippen LogP contribution in [-0.2, 0) is 14.8 Å². The standard InChI is InChI=1S/C20H20N4O4S2/c1-12-7-9-17(10-8-12)30(27,28)24-20-21-13(2)18(29-20)19(26)23-16-6-4-5-15(11-16)22-14(3)25/h4-11H,1-3H3,(H,21,24)(H,22,25)(H,23,26). The van der Waals surface area contributed by atoms with Gasteiger partial charge in [-0.05, 0) is 44.2 Å². The van der Waals surface area contributed by atoms with Crippen LogP contribution in [0.2, 0.25) is 0 Å². The van der Waals surface area contributed by atoms with E-state index in [4.69, 9.17) is 0 Å². The molecule has 3 N–H and O–H groups in total. The molecule has 0 bridgehead atoms. The summed E-state index contributed by atoms with van der Waals surface area (Å²) in [5.41, 5.74) is 2.38. The number of nitrogens with one attached hydrogen (secondary N) is 3. The fourth-order valence-electron chi connectivity index (χ4n) is 2.61. The zero-order valence-corrected chi connectivity index (χ0v) is 18.1. The first-order chi connectivity index (χ1) is 14.1. The highest BCUT2D eigenvalue weighted by molar-refractivity contribution is 7.93. The Bertz CT molecular complexity index is 1200. The Morgan fingerprint density at radius 1 is 0.967 bits per heavy atom. The summed E-state index contributed by atoms with van der Waals surface area (Å²) in [6.45, 7) is 4.89. The third kappa shape index (κ3) is 5.22. The third-order valence-corrected chi connectivity index (χ3v) is 6.55. The lowest BCUT2D eigenvalue weighted by Gasteiger charge is -2.07. The van der Waals surface area contributed by atoms with Gasteiger partial charge in [0.15, 0.2) is 5.13 Å². The van der Waals surface area contributed by atoms with Gasteiger partial charge in [0.2, 0.25) is 5.91 Å². The molecule has 0 aliphatic rings. The van der Waals surface area contributed by atoms with Crippen molar-refractivity contribution < 1.29 is 18.0 Å². The van der Waals surface area contributed by atoms with E-state index in [1.54, 1.807) is 43.3 Å². The number of aryl methyl sites for hydroxylation is 2. The van der Waals surface area contributed by atoms with E-state index >= 15 is 0 Å². The monoisotopic (exact) mass is 444 g/mol. The van der Waals surface area contributed by atoms with Crippen molar-refractivity contribution in [3.05, 3.63) is 64.7 Å². The summed E-state index contributed by atoms with van der Waals surface area (Å²) in [6.07, 6.45) is 0. The van der Waals surface area contributed by atoms with Crippen LogP contribution in [-0.4, -0.2) is 25.2 Å². The van der Waals surface area contributed by atoms with Gasteiger partial charge < -0.3 is 10.6 Å². The number of hydrogen-bond acceptors (Lipinski definition) is 6. The molecule has 3 rings (SSSR count). The molecular weight excluding hydrogens is 424 g/mol. The normalized spacial score (nSPS) is 11.0. The lowest BCUT2D eigenvalue weighted by Crippen LogP contribution is -2.12. The highest BCUT2D eigenvalue weighted by Crippen LogP contribution is 2.26. The van der Waals surface area contributed by atoms with Crippen LogP contribution in [0.1, 0.15) is 27.9 Å². The number of amides is 2. The second-order valence-electron chi connectivity index (χ2n) is 6.57. The molecular formula is C20H20N4O4S2. The lowest BCUT2D eigenvalue weighted by molar-refractivity contribution is -0.114. The second-order valence-corrected chi connectivity index (χ2v) is 9.25. The summed E-state index contributed by atoms with van der Waals surface area (Å²) < 4.78 is 27.5. The van der Waals surface area contributed by atoms with Crippen molar-refractivity contribution in [2.45, 2.75) is 25.7 Å². The molecule has 8 nitrogen and oxygen atoms in total. The van der Waals surface area contributed by atoms with Crippen LogP contribution in [0, 0.1) is 13.8 Å². The lowest BCUT2D eigenvalue weighted by atomic mass is 10.2. The first kappa shape index (κ1) is 21.5. The number of hydrogen-bond donors (Lipinski definition) is 3. The molecule has 1 heterocycles. The van der Waals surface area contributed by atoms with E-state index in [1.807, 2.05) is 6.92 Å². The Labute approximate surface area is 178 Å². The van der Waals surface area contributed by atoms with E-state index in [2.05, 4.69) is 20.3 Å². The Morgan fingerprint density at radius 3 is 2.23 bits per heavy atom. The molecule has 0 saturated carbocycles. The second kappa shape index (κ2) is 8.64. The number of rotatable bonds is 6. The molecule has 0 radical (unpaired) electrons. The Hall–Kier alpha value is -3.24. The summed E-state index contributed by atoms with van der Waals surface area (Å²) >= 11 is 0.943. The predicted octanol–water partition coefficient (Wildman–Crippen LogP) is 3.77. The summed E-state index contributed by atoms with van der Waals surface area (Å²) in [4.78, 5) is 28.4. The Kier molecular flexibility index (Phi) is 6.18. The summed E-state index contributed by atoms with van der Waals surface area (Å²) in [6, 6.07) is 13.1. The number of anilines is 3. The zero-order chi connectivity index (χ0) is 21.9. The number of thiazole rings is 1. The number of sulfonamides is 1. The Morgan fingerprint density at radius 2 is 1.60 bits per heavy atom. The van der Waals surface area contributed by atoms with Crippen LogP contribution >= 0.6 is 11.3 Å². The van der Waals surface area contributed by atoms with Gasteiger partial charge in [0.25, 0.3) is 15.9 Å². The Balaban J connectivity index is 1.76. The molecule has 30 heavy (non-hydrogen) atoms. The minimum absolute atomic E-state index is 0.102. The maximum absolute atomic E-state index is 12.6. The molecule has 1 aromatic heterocycles. The first-order valence-electron chi connectivity index (χ1n) is 8.90. The van der Waals surface area contributed by atoms with E-state index in [0.29, 0.717) is 17.1 Å². The van der Waals surface area contributed by atoms with Gasteiger partial charge in [-0.3, -0.25) is 14.3 Å². The molecule has 0 spiro atoms. The van der Waals surface area contributed by atoms with Gasteiger partial charge >= 0.3 is 0 Å². The van der Waals surface area contributed by atoms with E-state index in [1.165, 1.54) is 19.1 Å². The zero-order valence-electron chi connectivity index (χ0n) is 16.5. The quantitative estimate of drug-likeness (QED) is 0.535. The summed E-state index contributed by atoms with van der Waals surface area (Å²) in [5, 5.41) is 5.47. The van der Waals surface area contributed by atoms with E-state index in [0.717, 1.165) is 16.9 Å². The number of carbonyl (C=O) groups is 2. The molecule has 0 unspecified atom stereocenters. The van der Waals surface area contributed by atoms with Crippen LogP contribution in [0.3, 0.4) is 0 Å². The molecule has 2 aromatic carbocycles. The SMILES string of the molecule is CC(=O)Nc1cccc(NC(=O)c2sc(NS(=O)(=O)c3ccc(C)cc3)nc2C)c1. The molecule has 0 saturated heterocycles. The summed E-state index contributed by atoms with van der Waals surface area (Å²) in [5.74, 6) is -0.645. The number of benzene rings is 2. The van der Waals surface area contributed by atoms with Gasteiger partial charge in [0, 0.05) is 18.3 Å². The maximum Gasteiger partial charge on any atom is 0.267 e. The fourth-order valence-corrected chi connectivity index (χ4v) is 4.70. The molecule has 0 aliphatic heterocycles. The van der Waals surface area contributed by atoms with Crippen LogP contribution < -0.4 is 15.4 Å². The fraction of sp³-hybridized carbons (Fsp3) is 0.150. The van der Waals surface area contributed by atoms with Crippen molar-refractivity contribution in [3.8, 4) is 0 Å². The highest BCUT2D eigenvalue weighted by atomic mass is 32.2. The minimum Gasteiger partial charge on any atom is -0.326 e. The van der Waals surface area contributed by atoms with Crippen molar-refractivity contribution in [1.82, 2.24) is 4.98 Å². The van der Waals surface area contributed by atoms with Gasteiger partial charge in [-0.15, -0.1) is 0 Å². The van der Waals surface area contributed by atoms with Gasteiger partial charge in [0.05, 0.1) is 10.6 Å². The average Bonchev–Trinajstić information content (AvgIpc) is 3.01. The van der Waals surface area contributed by atoms with E-state index in [9.17, 15) is 18.0 Å². The molecule has 0 atom stereocenters. The number of aromatic nitrogens is 1. The minimum atomic E-state index is -3.81. The van der Waals surface area contributed by atoms with Gasteiger partial charge in [-0.25, -0.2) is 13.4 Å². The molecule has 2 amide bonds. The predicted molar refractivity (Wildman–Crippen MR) is 118 cm³/mol. The van der Waals surface area contributed by atoms with E-state index < -0.39 is 15.9 Å². The van der Waals surface area contributed by atoms with Gasteiger partial charge in [-0.1, -0.05) is 35.1 Å². The van der Waals surface area contributed by atoms with Crippen LogP contribution in [0.15, 0.2) is 53.4 Å².